The Kier molecular flexibility index (Phi) is 2.33. The van der Waals surface area contributed by atoms with Gasteiger partial charge in [-0.3, -0.25) is 0 Å². The van der Waals surface area contributed by atoms with Crippen LogP contribution in [0.25, 0.3) is 6.08 Å². The Bertz CT molecular complexity index is 396. The predicted molar refractivity (Wildman–Crippen MR) is 54.6 cm³/mol. The minimum Gasteiger partial charge on any atom is -0.411 e. The van der Waals surface area contributed by atoms with Gasteiger partial charge < -0.3 is 9.94 Å². The fraction of sp³-hybridized carbons (Fsp3) is 0.182. The van der Waals surface area contributed by atoms with E-state index in [1.165, 1.54) is 0 Å². The van der Waals surface area contributed by atoms with Gasteiger partial charge in [0.1, 0.15) is 11.8 Å². The summed E-state index contributed by atoms with van der Waals surface area (Å²) >= 11 is 0. The number of hydrogen-bond donors (Lipinski definition) is 1. The number of rotatable bonds is 1. The first-order valence-corrected chi connectivity index (χ1v) is 4.39. The third-order valence-electron chi connectivity index (χ3n) is 2.32. The molecular formula is C11H11NO2. The smallest absolute Gasteiger partial charge is 0.121 e. The van der Waals surface area contributed by atoms with Crippen LogP contribution in [0.1, 0.15) is 11.1 Å². The van der Waals surface area contributed by atoms with Gasteiger partial charge >= 0.3 is 0 Å². The highest BCUT2D eigenvalue weighted by atomic mass is 16.5. The average Bonchev–Trinajstić information content (AvgIpc) is 2.27. The topological polar surface area (TPSA) is 41.8 Å². The Morgan fingerprint density at radius 1 is 1.36 bits per heavy atom. The van der Waals surface area contributed by atoms with E-state index in [9.17, 15) is 0 Å². The Morgan fingerprint density at radius 3 is 2.86 bits per heavy atom. The zero-order chi connectivity index (χ0) is 9.97. The lowest BCUT2D eigenvalue weighted by atomic mass is 9.94. The van der Waals surface area contributed by atoms with Crippen molar-refractivity contribution in [3.63, 3.8) is 0 Å². The molecule has 3 heteroatoms. The summed E-state index contributed by atoms with van der Waals surface area (Å²) in [5.74, 6) is 0. The van der Waals surface area contributed by atoms with Gasteiger partial charge in [-0.25, -0.2) is 0 Å². The summed E-state index contributed by atoms with van der Waals surface area (Å²) in [6.07, 6.45) is 3.59. The van der Waals surface area contributed by atoms with Crippen LogP contribution in [-0.2, 0) is 4.74 Å². The number of nitrogens with zero attached hydrogens (tertiary/aromatic N) is 1. The maximum atomic E-state index is 8.91. The summed E-state index contributed by atoms with van der Waals surface area (Å²) in [7, 11) is 1.59. The second-order valence-corrected chi connectivity index (χ2v) is 3.09. The van der Waals surface area contributed by atoms with Crippen molar-refractivity contribution in [3.8, 4) is 0 Å². The van der Waals surface area contributed by atoms with Gasteiger partial charge in [0.2, 0.25) is 0 Å². The van der Waals surface area contributed by atoms with E-state index in [-0.39, 0.29) is 6.10 Å². The van der Waals surface area contributed by atoms with Crippen molar-refractivity contribution in [2.45, 2.75) is 6.10 Å². The van der Waals surface area contributed by atoms with Crippen LogP contribution in [0, 0.1) is 0 Å². The van der Waals surface area contributed by atoms with E-state index in [2.05, 4.69) is 5.16 Å². The quantitative estimate of drug-likeness (QED) is 0.541. The molecule has 1 aromatic rings. The molecule has 0 fully saturated rings. The van der Waals surface area contributed by atoms with E-state index >= 15 is 0 Å². The first-order chi connectivity index (χ1) is 6.86. The van der Waals surface area contributed by atoms with Gasteiger partial charge in [-0.1, -0.05) is 35.5 Å². The molecule has 1 aliphatic carbocycles. The van der Waals surface area contributed by atoms with Crippen LogP contribution in [0.3, 0.4) is 0 Å². The van der Waals surface area contributed by atoms with Crippen molar-refractivity contribution in [3.05, 3.63) is 41.5 Å². The molecular weight excluding hydrogens is 178 g/mol. The summed E-state index contributed by atoms with van der Waals surface area (Å²) in [5.41, 5.74) is 2.53. The molecule has 0 heterocycles. The molecule has 0 saturated carbocycles. The minimum absolute atomic E-state index is 0.255. The second kappa shape index (κ2) is 3.64. The highest BCUT2D eigenvalue weighted by molar-refractivity contribution is 6.09. The van der Waals surface area contributed by atoms with Gasteiger partial charge in [-0.15, -0.1) is 0 Å². The van der Waals surface area contributed by atoms with E-state index in [0.29, 0.717) is 5.71 Å². The van der Waals surface area contributed by atoms with E-state index in [0.717, 1.165) is 11.1 Å². The van der Waals surface area contributed by atoms with Crippen LogP contribution in [0.2, 0.25) is 0 Å². The van der Waals surface area contributed by atoms with Crippen molar-refractivity contribution in [1.82, 2.24) is 0 Å². The monoisotopic (exact) mass is 189 g/mol. The van der Waals surface area contributed by atoms with E-state index in [1.807, 2.05) is 36.4 Å². The lowest BCUT2D eigenvalue weighted by Crippen LogP contribution is -2.25. The Hall–Kier alpha value is -1.61. The molecule has 0 aliphatic heterocycles. The minimum atomic E-state index is -0.255. The van der Waals surface area contributed by atoms with Crippen molar-refractivity contribution in [2.24, 2.45) is 5.16 Å². The molecule has 0 amide bonds. The number of ether oxygens (including phenoxy) is 1. The molecule has 3 nitrogen and oxygen atoms in total. The van der Waals surface area contributed by atoms with Crippen molar-refractivity contribution in [1.29, 1.82) is 0 Å². The van der Waals surface area contributed by atoms with Gasteiger partial charge in [0.25, 0.3) is 0 Å². The molecule has 2 rings (SSSR count). The molecule has 0 radical (unpaired) electrons. The predicted octanol–water partition coefficient (Wildman–Crippen LogP) is 1.91. The molecule has 0 spiro atoms. The molecule has 1 aromatic carbocycles. The average molecular weight is 189 g/mol. The highest BCUT2D eigenvalue weighted by Gasteiger charge is 2.20. The summed E-state index contributed by atoms with van der Waals surface area (Å²) in [6, 6.07) is 7.75. The molecule has 1 unspecified atom stereocenters. The van der Waals surface area contributed by atoms with E-state index in [1.54, 1.807) is 7.11 Å². The maximum Gasteiger partial charge on any atom is 0.121 e. The first-order valence-electron chi connectivity index (χ1n) is 4.39. The molecule has 1 N–H and O–H groups in total. The van der Waals surface area contributed by atoms with Crippen molar-refractivity contribution < 1.29 is 9.94 Å². The maximum absolute atomic E-state index is 8.91. The molecule has 1 atom stereocenters. The molecule has 0 bridgehead atoms. The van der Waals surface area contributed by atoms with Gasteiger partial charge in [0, 0.05) is 12.7 Å². The summed E-state index contributed by atoms with van der Waals surface area (Å²) in [6.45, 7) is 0. The van der Waals surface area contributed by atoms with Crippen LogP contribution in [0.4, 0.5) is 0 Å². The molecule has 72 valence electrons. The van der Waals surface area contributed by atoms with Gasteiger partial charge in [-0.2, -0.15) is 0 Å². The van der Waals surface area contributed by atoms with Crippen LogP contribution in [0.5, 0.6) is 0 Å². The Labute approximate surface area is 82.3 Å². The van der Waals surface area contributed by atoms with Crippen LogP contribution in [0.15, 0.2) is 35.5 Å². The van der Waals surface area contributed by atoms with E-state index < -0.39 is 0 Å². The second-order valence-electron chi connectivity index (χ2n) is 3.09. The summed E-state index contributed by atoms with van der Waals surface area (Å²) < 4.78 is 5.17. The van der Waals surface area contributed by atoms with E-state index in [4.69, 9.17) is 9.94 Å². The fourth-order valence-electron chi connectivity index (χ4n) is 1.61. The molecule has 0 saturated heterocycles. The molecule has 0 aromatic heterocycles. The number of fused-ring (bicyclic) bond motifs is 1. The van der Waals surface area contributed by atoms with Crippen LogP contribution in [-0.4, -0.2) is 24.1 Å². The summed E-state index contributed by atoms with van der Waals surface area (Å²) in [5, 5.41) is 12.2. The Morgan fingerprint density at radius 2 is 2.14 bits per heavy atom. The fourth-order valence-corrected chi connectivity index (χ4v) is 1.61. The molecule has 14 heavy (non-hydrogen) atoms. The lowest BCUT2D eigenvalue weighted by molar-refractivity contribution is 0.186. The largest absolute Gasteiger partial charge is 0.411 e. The number of hydrogen-bond acceptors (Lipinski definition) is 3. The lowest BCUT2D eigenvalue weighted by Gasteiger charge is -2.18. The van der Waals surface area contributed by atoms with Gasteiger partial charge in [0.15, 0.2) is 0 Å². The standard InChI is InChI=1S/C11H11NO2/c1-14-10-7-6-8-4-2-3-5-9(8)11(10)12-13/h2-7,10,13H,1H3. The normalized spacial score (nSPS) is 22.4. The number of benzene rings is 1. The summed E-state index contributed by atoms with van der Waals surface area (Å²) in [4.78, 5) is 0. The third-order valence-corrected chi connectivity index (χ3v) is 2.32. The van der Waals surface area contributed by atoms with Crippen LogP contribution < -0.4 is 0 Å². The highest BCUT2D eigenvalue weighted by Crippen LogP contribution is 2.20. The molecule has 1 aliphatic rings. The van der Waals surface area contributed by atoms with Crippen molar-refractivity contribution >= 4 is 11.8 Å². The van der Waals surface area contributed by atoms with Crippen molar-refractivity contribution in [2.75, 3.05) is 7.11 Å². The van der Waals surface area contributed by atoms with Gasteiger partial charge in [0.05, 0.1) is 0 Å². The zero-order valence-corrected chi connectivity index (χ0v) is 7.84. The first kappa shape index (κ1) is 8.97. The Balaban J connectivity index is 2.53. The van der Waals surface area contributed by atoms with Crippen LogP contribution >= 0.6 is 0 Å². The number of oxime groups is 1. The third kappa shape index (κ3) is 1.32. The van der Waals surface area contributed by atoms with Gasteiger partial charge in [-0.05, 0) is 11.6 Å². The number of methoxy groups -OCH3 is 1. The zero-order valence-electron chi connectivity index (χ0n) is 7.84. The SMILES string of the molecule is COC1C=Cc2ccccc2C1=NO.